The van der Waals surface area contributed by atoms with Gasteiger partial charge in [-0.1, -0.05) is 0 Å². The van der Waals surface area contributed by atoms with Crippen LogP contribution in [0, 0.1) is 0 Å². The average Bonchev–Trinajstić information content (AvgIpc) is 2.27. The van der Waals surface area contributed by atoms with Crippen molar-refractivity contribution in [3.8, 4) is 5.75 Å². The van der Waals surface area contributed by atoms with Crippen molar-refractivity contribution >= 4 is 22.4 Å². The Hall–Kier alpha value is -1.37. The SMILES string of the molecule is COc1c(N)ncnc1NC(C)CCS(C)=O. The van der Waals surface area contributed by atoms with E-state index >= 15 is 0 Å². The van der Waals surface area contributed by atoms with E-state index in [1.807, 2.05) is 6.92 Å². The minimum atomic E-state index is -0.784. The number of anilines is 2. The van der Waals surface area contributed by atoms with E-state index in [1.165, 1.54) is 13.4 Å². The summed E-state index contributed by atoms with van der Waals surface area (Å²) in [6.45, 7) is 1.99. The molecule has 7 heteroatoms. The number of aromatic nitrogens is 2. The number of hydrogen-bond donors (Lipinski definition) is 2. The third-order valence-electron chi connectivity index (χ3n) is 2.26. The van der Waals surface area contributed by atoms with Crippen LogP contribution in [0.1, 0.15) is 13.3 Å². The van der Waals surface area contributed by atoms with E-state index in [1.54, 1.807) is 6.26 Å². The summed E-state index contributed by atoms with van der Waals surface area (Å²) in [5.74, 6) is 1.96. The van der Waals surface area contributed by atoms with Crippen LogP contribution in [0.5, 0.6) is 5.75 Å². The lowest BCUT2D eigenvalue weighted by molar-refractivity contribution is 0.414. The molecule has 6 nitrogen and oxygen atoms in total. The molecule has 1 aromatic rings. The van der Waals surface area contributed by atoms with E-state index in [0.717, 1.165) is 6.42 Å². The Morgan fingerprint density at radius 3 is 2.88 bits per heavy atom. The van der Waals surface area contributed by atoms with Gasteiger partial charge >= 0.3 is 0 Å². The lowest BCUT2D eigenvalue weighted by atomic mass is 10.2. The van der Waals surface area contributed by atoms with Crippen molar-refractivity contribution in [1.29, 1.82) is 0 Å². The molecule has 0 fully saturated rings. The second-order valence-electron chi connectivity index (χ2n) is 3.75. The van der Waals surface area contributed by atoms with Crippen LogP contribution in [0.2, 0.25) is 0 Å². The number of methoxy groups -OCH3 is 1. The first kappa shape index (κ1) is 13.7. The largest absolute Gasteiger partial charge is 0.490 e. The number of rotatable bonds is 6. The minimum absolute atomic E-state index is 0.141. The van der Waals surface area contributed by atoms with Gasteiger partial charge in [-0.2, -0.15) is 0 Å². The highest BCUT2D eigenvalue weighted by molar-refractivity contribution is 7.84. The fourth-order valence-electron chi connectivity index (χ4n) is 1.34. The van der Waals surface area contributed by atoms with E-state index in [0.29, 0.717) is 23.1 Å². The molecule has 2 unspecified atom stereocenters. The van der Waals surface area contributed by atoms with Gasteiger partial charge in [0.05, 0.1) is 7.11 Å². The maximum atomic E-state index is 11.0. The molecule has 1 heterocycles. The van der Waals surface area contributed by atoms with Gasteiger partial charge < -0.3 is 15.8 Å². The van der Waals surface area contributed by atoms with Gasteiger partial charge in [0.15, 0.2) is 11.6 Å². The molecule has 0 aliphatic carbocycles. The minimum Gasteiger partial charge on any atom is -0.490 e. The first-order chi connectivity index (χ1) is 8.04. The number of nitrogen functional groups attached to an aromatic ring is 1. The molecule has 0 radical (unpaired) electrons. The van der Waals surface area contributed by atoms with Crippen LogP contribution in [0.4, 0.5) is 11.6 Å². The normalized spacial score (nSPS) is 14.1. The number of hydrogen-bond acceptors (Lipinski definition) is 6. The van der Waals surface area contributed by atoms with Crippen molar-refractivity contribution in [2.24, 2.45) is 0 Å². The summed E-state index contributed by atoms with van der Waals surface area (Å²) in [5, 5.41) is 3.17. The van der Waals surface area contributed by atoms with Gasteiger partial charge in [-0.25, -0.2) is 9.97 Å². The van der Waals surface area contributed by atoms with Crippen LogP contribution < -0.4 is 15.8 Å². The Bertz CT molecular complexity index is 400. The lowest BCUT2D eigenvalue weighted by Gasteiger charge is -2.16. The number of nitrogens with one attached hydrogen (secondary N) is 1. The van der Waals surface area contributed by atoms with Gasteiger partial charge in [0.2, 0.25) is 5.75 Å². The fraction of sp³-hybridized carbons (Fsp3) is 0.600. The van der Waals surface area contributed by atoms with Crippen LogP contribution in [-0.2, 0) is 10.8 Å². The van der Waals surface area contributed by atoms with E-state index in [2.05, 4.69) is 15.3 Å². The number of ether oxygens (including phenoxy) is 1. The van der Waals surface area contributed by atoms with Crippen LogP contribution in [0.15, 0.2) is 6.33 Å². The Balaban J connectivity index is 2.67. The molecule has 0 spiro atoms. The van der Waals surface area contributed by atoms with Gasteiger partial charge in [-0.3, -0.25) is 4.21 Å². The maximum Gasteiger partial charge on any atom is 0.203 e. The maximum absolute atomic E-state index is 11.0. The third kappa shape index (κ3) is 4.18. The predicted octanol–water partition coefficient (Wildman–Crippen LogP) is 0.636. The molecule has 96 valence electrons. The van der Waals surface area contributed by atoms with Crippen molar-refractivity contribution in [3.05, 3.63) is 6.33 Å². The quantitative estimate of drug-likeness (QED) is 0.778. The van der Waals surface area contributed by atoms with Crippen LogP contribution in [0.3, 0.4) is 0 Å². The van der Waals surface area contributed by atoms with Crippen LogP contribution >= 0.6 is 0 Å². The molecular formula is C10H18N4O2S. The second-order valence-corrected chi connectivity index (χ2v) is 5.31. The highest BCUT2D eigenvalue weighted by Gasteiger charge is 2.12. The Kier molecular flexibility index (Phi) is 5.14. The standard InChI is InChI=1S/C10H18N4O2S/c1-7(4-5-17(3)15)14-10-8(16-2)9(11)12-6-13-10/h6-7H,4-5H2,1-3H3,(H3,11,12,13,14). The zero-order valence-electron chi connectivity index (χ0n) is 10.3. The smallest absolute Gasteiger partial charge is 0.203 e. The van der Waals surface area contributed by atoms with Gasteiger partial charge in [0.1, 0.15) is 6.33 Å². The molecule has 0 saturated carbocycles. The van der Waals surface area contributed by atoms with Crippen molar-refractivity contribution < 1.29 is 8.95 Å². The average molecular weight is 258 g/mol. The monoisotopic (exact) mass is 258 g/mol. The molecule has 1 aromatic heterocycles. The Morgan fingerprint density at radius 2 is 2.29 bits per heavy atom. The van der Waals surface area contributed by atoms with E-state index in [9.17, 15) is 4.21 Å². The van der Waals surface area contributed by atoms with E-state index < -0.39 is 10.8 Å². The molecule has 0 aromatic carbocycles. The highest BCUT2D eigenvalue weighted by atomic mass is 32.2. The number of nitrogens with zero attached hydrogens (tertiary/aromatic N) is 2. The van der Waals surface area contributed by atoms with Crippen LogP contribution in [-0.4, -0.2) is 39.3 Å². The van der Waals surface area contributed by atoms with Gasteiger partial charge in [0, 0.05) is 28.9 Å². The van der Waals surface area contributed by atoms with E-state index in [4.69, 9.17) is 10.5 Å². The first-order valence-electron chi connectivity index (χ1n) is 5.25. The molecule has 0 bridgehead atoms. The zero-order valence-corrected chi connectivity index (χ0v) is 11.1. The van der Waals surface area contributed by atoms with Crippen molar-refractivity contribution in [1.82, 2.24) is 9.97 Å². The summed E-state index contributed by atoms with van der Waals surface area (Å²) in [6, 6.07) is 0.141. The molecule has 3 N–H and O–H groups in total. The van der Waals surface area contributed by atoms with Crippen molar-refractivity contribution in [3.63, 3.8) is 0 Å². The summed E-state index contributed by atoms with van der Waals surface area (Å²) in [5.41, 5.74) is 5.67. The molecule has 0 saturated heterocycles. The molecular weight excluding hydrogens is 240 g/mol. The van der Waals surface area contributed by atoms with Gasteiger partial charge in [-0.15, -0.1) is 0 Å². The molecule has 2 atom stereocenters. The molecule has 0 amide bonds. The summed E-state index contributed by atoms with van der Waals surface area (Å²) < 4.78 is 16.1. The summed E-state index contributed by atoms with van der Waals surface area (Å²) in [7, 11) is 0.735. The van der Waals surface area contributed by atoms with E-state index in [-0.39, 0.29) is 6.04 Å². The van der Waals surface area contributed by atoms with Crippen LogP contribution in [0.25, 0.3) is 0 Å². The first-order valence-corrected chi connectivity index (χ1v) is 6.98. The third-order valence-corrected chi connectivity index (χ3v) is 3.07. The summed E-state index contributed by atoms with van der Waals surface area (Å²) in [6.07, 6.45) is 3.86. The van der Waals surface area contributed by atoms with Gasteiger partial charge in [-0.05, 0) is 13.3 Å². The Morgan fingerprint density at radius 1 is 1.59 bits per heavy atom. The molecule has 17 heavy (non-hydrogen) atoms. The number of nitrogens with two attached hydrogens (primary N) is 1. The summed E-state index contributed by atoms with van der Waals surface area (Å²) in [4.78, 5) is 7.92. The topological polar surface area (TPSA) is 90.1 Å². The summed E-state index contributed by atoms with van der Waals surface area (Å²) >= 11 is 0. The van der Waals surface area contributed by atoms with Gasteiger partial charge in [0.25, 0.3) is 0 Å². The predicted molar refractivity (Wildman–Crippen MR) is 69.6 cm³/mol. The molecule has 0 aliphatic heterocycles. The lowest BCUT2D eigenvalue weighted by Crippen LogP contribution is -2.19. The fourth-order valence-corrected chi connectivity index (χ4v) is 2.03. The van der Waals surface area contributed by atoms with Crippen molar-refractivity contribution in [2.45, 2.75) is 19.4 Å². The Labute approximate surface area is 103 Å². The highest BCUT2D eigenvalue weighted by Crippen LogP contribution is 2.26. The van der Waals surface area contributed by atoms with Crippen molar-refractivity contribution in [2.75, 3.05) is 30.2 Å². The zero-order chi connectivity index (χ0) is 12.8. The molecule has 1 rings (SSSR count). The molecule has 0 aliphatic rings. The second kappa shape index (κ2) is 6.39.